The van der Waals surface area contributed by atoms with E-state index in [4.69, 9.17) is 5.10 Å². The van der Waals surface area contributed by atoms with Crippen LogP contribution in [-0.2, 0) is 0 Å². The van der Waals surface area contributed by atoms with Crippen LogP contribution in [0.3, 0.4) is 0 Å². The number of aromatic nitrogens is 3. The number of aliphatic hydroxyl groups is 1. The van der Waals surface area contributed by atoms with Crippen LogP contribution in [-0.4, -0.2) is 45.1 Å². The molecule has 4 rings (SSSR count). The van der Waals surface area contributed by atoms with Gasteiger partial charge in [0.1, 0.15) is 5.82 Å². The van der Waals surface area contributed by atoms with Gasteiger partial charge in [-0.2, -0.15) is 5.10 Å². The molecule has 3 heterocycles. The quantitative estimate of drug-likeness (QED) is 0.826. The fourth-order valence-electron chi connectivity index (χ4n) is 4.40. The summed E-state index contributed by atoms with van der Waals surface area (Å²) in [7, 11) is 0. The molecule has 0 aromatic carbocycles. The lowest BCUT2D eigenvalue weighted by Gasteiger charge is -2.37. The van der Waals surface area contributed by atoms with Crippen molar-refractivity contribution in [3.63, 3.8) is 0 Å². The van der Waals surface area contributed by atoms with Crippen LogP contribution in [0.4, 0.5) is 11.5 Å². The molecule has 1 saturated carbocycles. The number of hydrogen-bond acceptors (Lipinski definition) is 6. The summed E-state index contributed by atoms with van der Waals surface area (Å²) in [6, 6.07) is 7.48. The molecule has 150 valence electrons. The van der Waals surface area contributed by atoms with Gasteiger partial charge in [-0.1, -0.05) is 12.8 Å². The molecule has 1 saturated heterocycles. The molecule has 2 N–H and O–H groups in total. The topological polar surface area (TPSA) is 83.3 Å². The Hall–Kier alpha value is -2.41. The molecule has 7 heteroatoms. The van der Waals surface area contributed by atoms with E-state index in [1.165, 1.54) is 11.1 Å². The van der Waals surface area contributed by atoms with Gasteiger partial charge in [0, 0.05) is 43.3 Å². The van der Waals surface area contributed by atoms with Crippen LogP contribution in [0.25, 0.3) is 0 Å². The van der Waals surface area contributed by atoms with Gasteiger partial charge >= 0.3 is 0 Å². The Morgan fingerprint density at radius 2 is 1.82 bits per heavy atom. The van der Waals surface area contributed by atoms with Crippen LogP contribution in [0.15, 0.2) is 41.5 Å². The van der Waals surface area contributed by atoms with Gasteiger partial charge in [0.2, 0.25) is 0 Å². The van der Waals surface area contributed by atoms with E-state index in [1.54, 1.807) is 18.5 Å². The minimum atomic E-state index is -0.486. The van der Waals surface area contributed by atoms with E-state index in [0.717, 1.165) is 63.1 Å². The molecule has 1 aliphatic carbocycles. The van der Waals surface area contributed by atoms with Crippen LogP contribution in [0.5, 0.6) is 0 Å². The Morgan fingerprint density at radius 3 is 2.64 bits per heavy atom. The summed E-state index contributed by atoms with van der Waals surface area (Å²) in [5.74, 6) is 0.832. The number of nitrogens with zero attached hydrogens (tertiary/aromatic N) is 4. The summed E-state index contributed by atoms with van der Waals surface area (Å²) in [5, 5.41) is 18.6. The number of pyridine rings is 1. The van der Waals surface area contributed by atoms with Gasteiger partial charge in [-0.05, 0) is 50.3 Å². The van der Waals surface area contributed by atoms with Crippen LogP contribution < -0.4 is 15.8 Å². The molecule has 7 nitrogen and oxygen atoms in total. The van der Waals surface area contributed by atoms with Gasteiger partial charge < -0.3 is 15.3 Å². The summed E-state index contributed by atoms with van der Waals surface area (Å²) in [6.07, 6.45) is 10.1. The first kappa shape index (κ1) is 18.9. The van der Waals surface area contributed by atoms with Gasteiger partial charge in [-0.15, -0.1) is 0 Å². The molecule has 3 atom stereocenters. The normalized spacial score (nSPS) is 25.5. The zero-order chi connectivity index (χ0) is 19.3. The zero-order valence-corrected chi connectivity index (χ0v) is 16.2. The Labute approximate surface area is 165 Å². The molecule has 1 aliphatic heterocycles. The number of piperidine rings is 1. The van der Waals surface area contributed by atoms with E-state index >= 15 is 0 Å². The summed E-state index contributed by atoms with van der Waals surface area (Å²) < 4.78 is 1.53. The lowest BCUT2D eigenvalue weighted by Crippen LogP contribution is -2.45. The van der Waals surface area contributed by atoms with E-state index in [0.29, 0.717) is 6.04 Å². The predicted molar refractivity (Wildman–Crippen MR) is 110 cm³/mol. The number of hydrogen-bond donors (Lipinski definition) is 2. The number of nitrogens with one attached hydrogen (secondary N) is 1. The highest BCUT2D eigenvalue weighted by molar-refractivity contribution is 5.43. The largest absolute Gasteiger partial charge is 0.391 e. The van der Waals surface area contributed by atoms with Gasteiger partial charge in [0.05, 0.1) is 12.1 Å². The Kier molecular flexibility index (Phi) is 5.90. The Morgan fingerprint density at radius 1 is 1.04 bits per heavy atom. The van der Waals surface area contributed by atoms with Crippen LogP contribution >= 0.6 is 0 Å². The average Bonchev–Trinajstić information content (AvgIpc) is 2.74. The minimum Gasteiger partial charge on any atom is -0.391 e. The summed E-state index contributed by atoms with van der Waals surface area (Å²) >= 11 is 0. The smallest absolute Gasteiger partial charge is 0.267 e. The van der Waals surface area contributed by atoms with Crippen molar-refractivity contribution >= 4 is 11.5 Å². The molecule has 2 fully saturated rings. The van der Waals surface area contributed by atoms with E-state index in [-0.39, 0.29) is 11.6 Å². The molecule has 0 amide bonds. The van der Waals surface area contributed by atoms with Crippen molar-refractivity contribution in [3.8, 4) is 0 Å². The van der Waals surface area contributed by atoms with Crippen molar-refractivity contribution in [1.82, 2.24) is 14.8 Å². The second-order valence-corrected chi connectivity index (χ2v) is 7.85. The standard InChI is InChI=1S/C21H29N5O2/c27-19-7-2-1-6-18(19)26-21(28)9-8-20(24-26)25-14-4-3-5-17(25)15-23-16-10-12-22-13-11-16/h8-13,17-19,27H,1-7,14-15H2,(H,22,23). The first-order valence-electron chi connectivity index (χ1n) is 10.4. The Bertz CT molecular complexity index is 825. The fourth-order valence-corrected chi connectivity index (χ4v) is 4.40. The van der Waals surface area contributed by atoms with Gasteiger partial charge in [0.15, 0.2) is 0 Å². The van der Waals surface area contributed by atoms with E-state index in [1.807, 2.05) is 18.2 Å². The van der Waals surface area contributed by atoms with Crippen LogP contribution in [0.1, 0.15) is 51.0 Å². The molecule has 28 heavy (non-hydrogen) atoms. The van der Waals surface area contributed by atoms with Crippen molar-refractivity contribution < 1.29 is 5.11 Å². The first-order chi connectivity index (χ1) is 13.7. The highest BCUT2D eigenvalue weighted by atomic mass is 16.3. The number of anilines is 2. The van der Waals surface area contributed by atoms with Crippen LogP contribution in [0, 0.1) is 0 Å². The minimum absolute atomic E-state index is 0.127. The molecule has 2 aromatic heterocycles. The van der Waals surface area contributed by atoms with Crippen molar-refractivity contribution in [3.05, 3.63) is 47.0 Å². The van der Waals surface area contributed by atoms with Crippen LogP contribution in [0.2, 0.25) is 0 Å². The first-order valence-corrected chi connectivity index (χ1v) is 10.4. The fraction of sp³-hybridized carbons (Fsp3) is 0.571. The van der Waals surface area contributed by atoms with E-state index in [9.17, 15) is 9.90 Å². The maximum atomic E-state index is 12.4. The van der Waals surface area contributed by atoms with Gasteiger partial charge in [-0.3, -0.25) is 9.78 Å². The third-order valence-corrected chi connectivity index (χ3v) is 5.96. The predicted octanol–water partition coefficient (Wildman–Crippen LogP) is 2.59. The maximum Gasteiger partial charge on any atom is 0.267 e. The second-order valence-electron chi connectivity index (χ2n) is 7.85. The third-order valence-electron chi connectivity index (χ3n) is 5.96. The monoisotopic (exact) mass is 383 g/mol. The van der Waals surface area contributed by atoms with E-state index in [2.05, 4.69) is 15.2 Å². The molecule has 0 radical (unpaired) electrons. The lowest BCUT2D eigenvalue weighted by molar-refractivity contribution is 0.0669. The molecule has 3 unspecified atom stereocenters. The van der Waals surface area contributed by atoms with E-state index < -0.39 is 6.10 Å². The molecular formula is C21H29N5O2. The Balaban J connectivity index is 1.54. The SMILES string of the molecule is O=c1ccc(N2CCCCC2CNc2ccncc2)nn1C1CCCCC1O. The number of rotatable bonds is 5. The molecule has 0 bridgehead atoms. The summed E-state index contributed by atoms with van der Waals surface area (Å²) in [4.78, 5) is 18.8. The second kappa shape index (κ2) is 8.73. The maximum absolute atomic E-state index is 12.4. The molecule has 2 aliphatic rings. The third kappa shape index (κ3) is 4.19. The molecular weight excluding hydrogens is 354 g/mol. The van der Waals surface area contributed by atoms with Gasteiger partial charge in [0.25, 0.3) is 5.56 Å². The summed E-state index contributed by atoms with van der Waals surface area (Å²) in [5.41, 5.74) is 0.932. The van der Waals surface area contributed by atoms with Crippen molar-refractivity contribution in [1.29, 1.82) is 0 Å². The number of aliphatic hydroxyl groups excluding tert-OH is 1. The van der Waals surface area contributed by atoms with Crippen molar-refractivity contribution in [2.75, 3.05) is 23.3 Å². The average molecular weight is 383 g/mol. The molecule has 2 aromatic rings. The highest BCUT2D eigenvalue weighted by Crippen LogP contribution is 2.28. The van der Waals surface area contributed by atoms with Crippen molar-refractivity contribution in [2.24, 2.45) is 0 Å². The highest BCUT2D eigenvalue weighted by Gasteiger charge is 2.28. The zero-order valence-electron chi connectivity index (χ0n) is 16.2. The summed E-state index contributed by atoms with van der Waals surface area (Å²) in [6.45, 7) is 1.75. The lowest BCUT2D eigenvalue weighted by atomic mass is 9.93. The van der Waals surface area contributed by atoms with Crippen molar-refractivity contribution in [2.45, 2.75) is 63.1 Å². The van der Waals surface area contributed by atoms with Gasteiger partial charge in [-0.25, -0.2) is 4.68 Å². The molecule has 0 spiro atoms.